The van der Waals surface area contributed by atoms with Gasteiger partial charge in [-0.05, 0) is 26.9 Å². The zero-order valence-electron chi connectivity index (χ0n) is 8.18. The van der Waals surface area contributed by atoms with Gasteiger partial charge in [0.2, 0.25) is 0 Å². The molecule has 0 spiro atoms. The SMILES string of the molecule is CCOC(=O)C1(CF)CCN(C)C1. The number of ether oxygens (including phenoxy) is 1. The lowest BCUT2D eigenvalue weighted by atomic mass is 9.89. The van der Waals surface area contributed by atoms with Gasteiger partial charge in [0.15, 0.2) is 0 Å². The predicted octanol–water partition coefficient (Wildman–Crippen LogP) is 0.841. The standard InChI is InChI=1S/C9H16FNO2/c1-3-13-8(12)9(6-10)4-5-11(2)7-9/h3-7H2,1-2H3. The van der Waals surface area contributed by atoms with Gasteiger partial charge in [0, 0.05) is 6.54 Å². The fourth-order valence-corrected chi connectivity index (χ4v) is 1.69. The van der Waals surface area contributed by atoms with Crippen molar-refractivity contribution in [1.29, 1.82) is 0 Å². The zero-order valence-corrected chi connectivity index (χ0v) is 8.18. The molecule has 0 amide bonds. The number of halogens is 1. The zero-order chi connectivity index (χ0) is 9.90. The van der Waals surface area contributed by atoms with E-state index in [0.717, 1.165) is 6.54 Å². The number of esters is 1. The Morgan fingerprint density at radius 2 is 2.38 bits per heavy atom. The van der Waals surface area contributed by atoms with Crippen molar-refractivity contribution in [2.45, 2.75) is 13.3 Å². The van der Waals surface area contributed by atoms with Gasteiger partial charge in [-0.2, -0.15) is 0 Å². The molecular weight excluding hydrogens is 173 g/mol. The lowest BCUT2D eigenvalue weighted by molar-refractivity contribution is -0.155. The van der Waals surface area contributed by atoms with Crippen LogP contribution < -0.4 is 0 Å². The number of hydrogen-bond acceptors (Lipinski definition) is 3. The summed E-state index contributed by atoms with van der Waals surface area (Å²) in [4.78, 5) is 13.4. The van der Waals surface area contributed by atoms with E-state index in [0.29, 0.717) is 19.6 Å². The summed E-state index contributed by atoms with van der Waals surface area (Å²) in [6.45, 7) is 2.69. The molecule has 76 valence electrons. The third-order valence-electron chi connectivity index (χ3n) is 2.51. The van der Waals surface area contributed by atoms with Crippen LogP contribution in [0.15, 0.2) is 0 Å². The fraction of sp³-hybridized carbons (Fsp3) is 0.889. The molecule has 0 bridgehead atoms. The Kier molecular flexibility index (Phi) is 3.25. The third kappa shape index (κ3) is 1.99. The van der Waals surface area contributed by atoms with E-state index in [9.17, 15) is 9.18 Å². The van der Waals surface area contributed by atoms with Crippen LogP contribution in [0.2, 0.25) is 0 Å². The van der Waals surface area contributed by atoms with Crippen LogP contribution in [0.4, 0.5) is 4.39 Å². The van der Waals surface area contributed by atoms with Crippen molar-refractivity contribution in [1.82, 2.24) is 4.90 Å². The van der Waals surface area contributed by atoms with E-state index < -0.39 is 12.1 Å². The first-order valence-electron chi connectivity index (χ1n) is 4.56. The molecule has 1 saturated heterocycles. The molecule has 3 nitrogen and oxygen atoms in total. The van der Waals surface area contributed by atoms with Gasteiger partial charge in [-0.3, -0.25) is 4.79 Å². The smallest absolute Gasteiger partial charge is 0.316 e. The van der Waals surface area contributed by atoms with Crippen LogP contribution in [0.5, 0.6) is 0 Å². The Morgan fingerprint density at radius 1 is 1.69 bits per heavy atom. The van der Waals surface area contributed by atoms with E-state index in [2.05, 4.69) is 0 Å². The Bertz CT molecular complexity index is 198. The first-order valence-corrected chi connectivity index (χ1v) is 4.56. The summed E-state index contributed by atoms with van der Waals surface area (Å²) in [7, 11) is 1.89. The second-order valence-electron chi connectivity index (χ2n) is 3.62. The van der Waals surface area contributed by atoms with Gasteiger partial charge in [-0.15, -0.1) is 0 Å². The third-order valence-corrected chi connectivity index (χ3v) is 2.51. The van der Waals surface area contributed by atoms with Crippen LogP contribution in [-0.2, 0) is 9.53 Å². The van der Waals surface area contributed by atoms with Gasteiger partial charge in [0.05, 0.1) is 6.61 Å². The highest BCUT2D eigenvalue weighted by molar-refractivity contribution is 5.77. The maximum Gasteiger partial charge on any atom is 0.316 e. The number of carbonyl (C=O) groups excluding carboxylic acids is 1. The van der Waals surface area contributed by atoms with Gasteiger partial charge in [-0.25, -0.2) is 4.39 Å². The maximum absolute atomic E-state index is 12.8. The Labute approximate surface area is 77.9 Å². The number of alkyl halides is 1. The molecule has 0 saturated carbocycles. The fourth-order valence-electron chi connectivity index (χ4n) is 1.69. The molecule has 1 heterocycles. The number of likely N-dealkylation sites (tertiary alicyclic amines) is 1. The second-order valence-corrected chi connectivity index (χ2v) is 3.62. The lowest BCUT2D eigenvalue weighted by Gasteiger charge is -2.22. The van der Waals surface area contributed by atoms with Crippen LogP contribution in [0.1, 0.15) is 13.3 Å². The molecule has 1 unspecified atom stereocenters. The molecule has 0 radical (unpaired) electrons. The maximum atomic E-state index is 12.8. The Balaban J connectivity index is 2.64. The molecule has 0 aromatic heterocycles. The Hall–Kier alpha value is -0.640. The van der Waals surface area contributed by atoms with Crippen molar-refractivity contribution in [3.63, 3.8) is 0 Å². The molecule has 1 aliphatic heterocycles. The summed E-state index contributed by atoms with van der Waals surface area (Å²) in [6.07, 6.45) is 0.568. The molecular formula is C9H16FNO2. The first kappa shape index (κ1) is 10.4. The molecule has 1 atom stereocenters. The van der Waals surface area contributed by atoms with Gasteiger partial charge >= 0.3 is 5.97 Å². The Morgan fingerprint density at radius 3 is 2.77 bits per heavy atom. The van der Waals surface area contributed by atoms with Gasteiger partial charge in [0.1, 0.15) is 12.1 Å². The monoisotopic (exact) mass is 189 g/mol. The average molecular weight is 189 g/mol. The van der Waals surface area contributed by atoms with Gasteiger partial charge < -0.3 is 9.64 Å². The number of rotatable bonds is 3. The highest BCUT2D eigenvalue weighted by Crippen LogP contribution is 2.31. The van der Waals surface area contributed by atoms with E-state index in [1.54, 1.807) is 6.92 Å². The van der Waals surface area contributed by atoms with Crippen LogP contribution in [0, 0.1) is 5.41 Å². The molecule has 4 heteroatoms. The molecule has 1 rings (SSSR count). The van der Waals surface area contributed by atoms with E-state index in [4.69, 9.17) is 4.74 Å². The van der Waals surface area contributed by atoms with E-state index in [-0.39, 0.29) is 5.97 Å². The van der Waals surface area contributed by atoms with Crippen molar-refractivity contribution < 1.29 is 13.9 Å². The highest BCUT2D eigenvalue weighted by atomic mass is 19.1. The molecule has 13 heavy (non-hydrogen) atoms. The van der Waals surface area contributed by atoms with Crippen LogP contribution in [-0.4, -0.2) is 44.3 Å². The summed E-state index contributed by atoms with van der Waals surface area (Å²) >= 11 is 0. The summed E-state index contributed by atoms with van der Waals surface area (Å²) in [5.41, 5.74) is -0.884. The van der Waals surface area contributed by atoms with E-state index in [1.807, 2.05) is 11.9 Å². The molecule has 0 aromatic rings. The van der Waals surface area contributed by atoms with Crippen LogP contribution >= 0.6 is 0 Å². The van der Waals surface area contributed by atoms with Crippen molar-refractivity contribution >= 4 is 5.97 Å². The topological polar surface area (TPSA) is 29.5 Å². The quantitative estimate of drug-likeness (QED) is 0.616. The highest BCUT2D eigenvalue weighted by Gasteiger charge is 2.45. The number of hydrogen-bond donors (Lipinski definition) is 0. The van der Waals surface area contributed by atoms with E-state index in [1.165, 1.54) is 0 Å². The summed E-state index contributed by atoms with van der Waals surface area (Å²) in [5, 5.41) is 0. The van der Waals surface area contributed by atoms with Crippen LogP contribution in [0.25, 0.3) is 0 Å². The van der Waals surface area contributed by atoms with Crippen LogP contribution in [0.3, 0.4) is 0 Å². The summed E-state index contributed by atoms with van der Waals surface area (Å²) < 4.78 is 17.6. The molecule has 1 aliphatic rings. The van der Waals surface area contributed by atoms with Crippen molar-refractivity contribution in [3.8, 4) is 0 Å². The van der Waals surface area contributed by atoms with Crippen molar-refractivity contribution in [2.75, 3.05) is 33.4 Å². The number of nitrogens with zero attached hydrogens (tertiary/aromatic N) is 1. The van der Waals surface area contributed by atoms with Gasteiger partial charge in [0.25, 0.3) is 0 Å². The summed E-state index contributed by atoms with van der Waals surface area (Å²) in [6, 6.07) is 0. The largest absolute Gasteiger partial charge is 0.465 e. The molecule has 1 fully saturated rings. The second kappa shape index (κ2) is 4.05. The molecule has 0 aromatic carbocycles. The minimum atomic E-state index is -0.884. The number of carbonyl (C=O) groups is 1. The van der Waals surface area contributed by atoms with Gasteiger partial charge in [-0.1, -0.05) is 0 Å². The summed E-state index contributed by atoms with van der Waals surface area (Å²) in [5.74, 6) is -0.387. The minimum Gasteiger partial charge on any atom is -0.465 e. The molecule has 0 aliphatic carbocycles. The first-order chi connectivity index (χ1) is 6.14. The normalized spacial score (nSPS) is 29.2. The lowest BCUT2D eigenvalue weighted by Crippen LogP contribution is -2.37. The van der Waals surface area contributed by atoms with Crippen molar-refractivity contribution in [2.24, 2.45) is 5.41 Å². The minimum absolute atomic E-state index is 0.324. The molecule has 0 N–H and O–H groups in total. The van der Waals surface area contributed by atoms with E-state index >= 15 is 0 Å². The average Bonchev–Trinajstić information content (AvgIpc) is 2.49. The van der Waals surface area contributed by atoms with Crippen molar-refractivity contribution in [3.05, 3.63) is 0 Å². The predicted molar refractivity (Wildman–Crippen MR) is 47.2 cm³/mol.